The van der Waals surface area contributed by atoms with Gasteiger partial charge in [0.15, 0.2) is 0 Å². The molecule has 6 heteroatoms. The molecule has 25 heavy (non-hydrogen) atoms. The maximum absolute atomic E-state index is 12.6. The number of hydrogen-bond acceptors (Lipinski definition) is 3. The van der Waals surface area contributed by atoms with E-state index < -0.39 is 10.0 Å². The summed E-state index contributed by atoms with van der Waals surface area (Å²) in [6, 6.07) is 5.09. The fourth-order valence-electron chi connectivity index (χ4n) is 3.25. The number of amides is 1. The lowest BCUT2D eigenvalue weighted by Gasteiger charge is -2.17. The molecule has 0 radical (unpaired) electrons. The van der Waals surface area contributed by atoms with Gasteiger partial charge >= 0.3 is 0 Å². The Balaban J connectivity index is 2.09. The van der Waals surface area contributed by atoms with Gasteiger partial charge in [0.25, 0.3) is 0 Å². The first-order valence-electron chi connectivity index (χ1n) is 9.35. The van der Waals surface area contributed by atoms with Crippen LogP contribution in [-0.2, 0) is 21.2 Å². The Kier molecular flexibility index (Phi) is 7.02. The number of hydrogen-bond donors (Lipinski definition) is 1. The summed E-state index contributed by atoms with van der Waals surface area (Å²) in [7, 11) is -3.51. The fourth-order valence-corrected chi connectivity index (χ4v) is 4.42. The highest BCUT2D eigenvalue weighted by Crippen LogP contribution is 2.30. The van der Waals surface area contributed by atoms with E-state index in [4.69, 9.17) is 0 Å². The van der Waals surface area contributed by atoms with Crippen molar-refractivity contribution in [1.29, 1.82) is 0 Å². The van der Waals surface area contributed by atoms with Gasteiger partial charge in [0.1, 0.15) is 0 Å². The smallest absolute Gasteiger partial charge is 0.240 e. The van der Waals surface area contributed by atoms with E-state index in [0.717, 1.165) is 36.9 Å². The number of fused-ring (bicyclic) bond motifs is 1. The van der Waals surface area contributed by atoms with Crippen molar-refractivity contribution in [3.8, 4) is 0 Å². The van der Waals surface area contributed by atoms with Gasteiger partial charge in [0.05, 0.1) is 4.90 Å². The molecule has 1 aliphatic rings. The molecule has 0 aliphatic carbocycles. The molecule has 1 aromatic rings. The summed E-state index contributed by atoms with van der Waals surface area (Å²) in [5.41, 5.74) is 1.78. The zero-order chi connectivity index (χ0) is 18.4. The van der Waals surface area contributed by atoms with Crippen molar-refractivity contribution < 1.29 is 13.2 Å². The molecular formula is C19H30N2O3S. The number of benzene rings is 1. The highest BCUT2D eigenvalue weighted by Gasteiger charge is 2.26. The molecule has 140 valence electrons. The second kappa shape index (κ2) is 8.81. The molecule has 0 spiro atoms. The normalized spacial score (nSPS) is 15.2. The van der Waals surface area contributed by atoms with E-state index in [0.29, 0.717) is 36.7 Å². The van der Waals surface area contributed by atoms with Gasteiger partial charge in [-0.25, -0.2) is 13.1 Å². The van der Waals surface area contributed by atoms with Crippen LogP contribution in [-0.4, -0.2) is 27.4 Å². The van der Waals surface area contributed by atoms with Crippen molar-refractivity contribution >= 4 is 21.6 Å². The van der Waals surface area contributed by atoms with Crippen LogP contribution in [0.25, 0.3) is 0 Å². The van der Waals surface area contributed by atoms with Crippen LogP contribution in [0.15, 0.2) is 23.1 Å². The molecule has 0 saturated heterocycles. The molecule has 2 rings (SSSR count). The van der Waals surface area contributed by atoms with Gasteiger partial charge in [-0.05, 0) is 42.5 Å². The predicted octanol–water partition coefficient (Wildman–Crippen LogP) is 3.48. The van der Waals surface area contributed by atoms with E-state index in [2.05, 4.69) is 18.6 Å². The van der Waals surface area contributed by atoms with E-state index in [1.54, 1.807) is 23.1 Å². The Morgan fingerprint density at radius 2 is 2.04 bits per heavy atom. The Labute approximate surface area is 151 Å². The first-order chi connectivity index (χ1) is 11.9. The zero-order valence-corrected chi connectivity index (χ0v) is 16.4. The van der Waals surface area contributed by atoms with Gasteiger partial charge in [-0.1, -0.05) is 40.0 Å². The highest BCUT2D eigenvalue weighted by atomic mass is 32.2. The van der Waals surface area contributed by atoms with Crippen LogP contribution in [0.4, 0.5) is 5.69 Å². The van der Waals surface area contributed by atoms with Crippen LogP contribution >= 0.6 is 0 Å². The lowest BCUT2D eigenvalue weighted by atomic mass is 10.00. The summed E-state index contributed by atoms with van der Waals surface area (Å²) in [4.78, 5) is 14.0. The first-order valence-corrected chi connectivity index (χ1v) is 10.8. The number of unbranched alkanes of at least 4 members (excludes halogenated alkanes) is 1. The molecule has 1 amide bonds. The van der Waals surface area contributed by atoms with Crippen molar-refractivity contribution in [1.82, 2.24) is 4.72 Å². The van der Waals surface area contributed by atoms with Gasteiger partial charge in [-0.2, -0.15) is 0 Å². The summed E-state index contributed by atoms with van der Waals surface area (Å²) >= 11 is 0. The molecule has 1 N–H and O–H groups in total. The molecule has 0 unspecified atom stereocenters. The Hall–Kier alpha value is -1.40. The molecule has 1 heterocycles. The zero-order valence-electron chi connectivity index (χ0n) is 15.5. The number of carbonyl (C=O) groups excluding carboxylic acids is 1. The van der Waals surface area contributed by atoms with Crippen molar-refractivity contribution in [2.45, 2.75) is 64.2 Å². The van der Waals surface area contributed by atoms with E-state index in [9.17, 15) is 13.2 Å². The maximum Gasteiger partial charge on any atom is 0.240 e. The van der Waals surface area contributed by atoms with E-state index in [1.807, 2.05) is 6.92 Å². The van der Waals surface area contributed by atoms with E-state index in [-0.39, 0.29) is 5.91 Å². The summed E-state index contributed by atoms with van der Waals surface area (Å²) in [6.07, 6.45) is 5.44. The fraction of sp³-hybridized carbons (Fsp3) is 0.632. The quantitative estimate of drug-likeness (QED) is 0.727. The lowest BCUT2D eigenvalue weighted by Crippen LogP contribution is -2.29. The van der Waals surface area contributed by atoms with Crippen molar-refractivity contribution in [2.24, 2.45) is 5.92 Å². The minimum absolute atomic E-state index is 0.0780. The van der Waals surface area contributed by atoms with Crippen molar-refractivity contribution in [3.63, 3.8) is 0 Å². The Morgan fingerprint density at radius 1 is 1.28 bits per heavy atom. The monoisotopic (exact) mass is 366 g/mol. The van der Waals surface area contributed by atoms with Gasteiger partial charge < -0.3 is 4.90 Å². The number of nitrogens with zero attached hydrogens (tertiary/aromatic N) is 1. The SMILES string of the molecule is CCCC[C@@H](CC)CNS(=O)(=O)c1ccc2c(c1)CCN2C(=O)CC. The summed E-state index contributed by atoms with van der Waals surface area (Å²) in [5, 5.41) is 0. The largest absolute Gasteiger partial charge is 0.312 e. The Morgan fingerprint density at radius 3 is 2.68 bits per heavy atom. The van der Waals surface area contributed by atoms with Crippen LogP contribution < -0.4 is 9.62 Å². The van der Waals surface area contributed by atoms with Crippen molar-refractivity contribution in [2.75, 3.05) is 18.0 Å². The predicted molar refractivity (Wildman–Crippen MR) is 101 cm³/mol. The third-order valence-electron chi connectivity index (χ3n) is 4.97. The number of anilines is 1. The third kappa shape index (κ3) is 4.82. The Bertz CT molecular complexity index is 701. The molecule has 1 aliphatic heterocycles. The third-order valence-corrected chi connectivity index (χ3v) is 6.39. The average molecular weight is 367 g/mol. The van der Waals surface area contributed by atoms with Crippen molar-refractivity contribution in [3.05, 3.63) is 23.8 Å². The topological polar surface area (TPSA) is 66.5 Å². The molecule has 0 aromatic heterocycles. The molecule has 0 fully saturated rings. The van der Waals surface area contributed by atoms with Gasteiger partial charge in [-0.15, -0.1) is 0 Å². The average Bonchev–Trinajstić information content (AvgIpc) is 3.04. The van der Waals surface area contributed by atoms with Gasteiger partial charge in [0.2, 0.25) is 15.9 Å². The van der Waals surface area contributed by atoms with Crippen LogP contribution in [0.2, 0.25) is 0 Å². The summed E-state index contributed by atoms with van der Waals surface area (Å²) in [6.45, 7) is 7.20. The summed E-state index contributed by atoms with van der Waals surface area (Å²) in [5.74, 6) is 0.455. The standard InChI is InChI=1S/C19H30N2O3S/c1-4-7-8-15(5-2)14-20-25(23,24)17-9-10-18-16(13-17)11-12-21(18)19(22)6-3/h9-10,13,15,20H,4-8,11-12,14H2,1-3H3/t15-/m1/s1. The minimum Gasteiger partial charge on any atom is -0.312 e. The van der Waals surface area contributed by atoms with Crippen LogP contribution in [0, 0.1) is 5.92 Å². The number of sulfonamides is 1. The summed E-state index contributed by atoms with van der Waals surface area (Å²) < 4.78 is 28.0. The maximum atomic E-state index is 12.6. The van der Waals surface area contributed by atoms with E-state index >= 15 is 0 Å². The number of rotatable bonds is 9. The highest BCUT2D eigenvalue weighted by molar-refractivity contribution is 7.89. The molecule has 1 aromatic carbocycles. The molecule has 5 nitrogen and oxygen atoms in total. The van der Waals surface area contributed by atoms with Crippen LogP contribution in [0.5, 0.6) is 0 Å². The second-order valence-corrected chi connectivity index (χ2v) is 8.47. The van der Waals surface area contributed by atoms with E-state index in [1.165, 1.54) is 0 Å². The number of nitrogens with one attached hydrogen (secondary N) is 1. The van der Waals surface area contributed by atoms with Crippen LogP contribution in [0.1, 0.15) is 58.4 Å². The molecule has 1 atom stereocenters. The minimum atomic E-state index is -3.51. The molecule has 0 bridgehead atoms. The first kappa shape index (κ1) is 19.9. The second-order valence-electron chi connectivity index (χ2n) is 6.71. The van der Waals surface area contributed by atoms with Crippen LogP contribution in [0.3, 0.4) is 0 Å². The molecular weight excluding hydrogens is 336 g/mol. The van der Waals surface area contributed by atoms with Gasteiger partial charge in [0, 0.05) is 25.2 Å². The molecule has 0 saturated carbocycles. The van der Waals surface area contributed by atoms with Gasteiger partial charge in [-0.3, -0.25) is 4.79 Å². The number of carbonyl (C=O) groups is 1. The lowest BCUT2D eigenvalue weighted by molar-refractivity contribution is -0.118.